The van der Waals surface area contributed by atoms with Gasteiger partial charge >= 0.3 is 0 Å². The summed E-state index contributed by atoms with van der Waals surface area (Å²) in [6.07, 6.45) is 0. The second-order valence-corrected chi connectivity index (χ2v) is 4.10. The number of carbonyl (C=O) groups is 1. The first-order valence-electron chi connectivity index (χ1n) is 3.49. The zero-order chi connectivity index (χ0) is 10.4. The Morgan fingerprint density at radius 3 is 2.15 bits per heavy atom. The normalized spacial score (nSPS) is 30.2. The lowest BCUT2D eigenvalue weighted by molar-refractivity contribution is -0.112. The van der Waals surface area contributed by atoms with Crippen LogP contribution >= 0.6 is 34.8 Å². The van der Waals surface area contributed by atoms with Crippen LogP contribution in [0.2, 0.25) is 0 Å². The molecule has 0 saturated heterocycles. The van der Waals surface area contributed by atoms with Crippen LogP contribution in [0.3, 0.4) is 0 Å². The molecule has 0 saturated carbocycles. The van der Waals surface area contributed by atoms with E-state index < -0.39 is 11.4 Å². The van der Waals surface area contributed by atoms with Crippen molar-refractivity contribution in [1.82, 2.24) is 0 Å². The van der Waals surface area contributed by atoms with Crippen molar-refractivity contribution in [2.24, 2.45) is 0 Å². The number of hydrogen-bond donors (Lipinski definition) is 1. The van der Waals surface area contributed by atoms with E-state index in [1.165, 1.54) is 13.8 Å². The number of halogens is 3. The van der Waals surface area contributed by atoms with Crippen LogP contribution in [0, 0.1) is 0 Å². The summed E-state index contributed by atoms with van der Waals surface area (Å²) in [6, 6.07) is 0. The van der Waals surface area contributed by atoms with Crippen molar-refractivity contribution in [3.63, 3.8) is 0 Å². The van der Waals surface area contributed by atoms with Gasteiger partial charge in [0.1, 0.15) is 10.6 Å². The summed E-state index contributed by atoms with van der Waals surface area (Å²) < 4.78 is 0. The molecule has 0 bridgehead atoms. The Labute approximate surface area is 90.8 Å². The van der Waals surface area contributed by atoms with Gasteiger partial charge in [0.2, 0.25) is 5.78 Å². The van der Waals surface area contributed by atoms with Crippen LogP contribution in [-0.4, -0.2) is 16.5 Å². The average Bonchev–Trinajstić information content (AvgIpc) is 2.09. The Morgan fingerprint density at radius 2 is 1.69 bits per heavy atom. The molecule has 0 aromatic carbocycles. The Balaban J connectivity index is 3.39. The van der Waals surface area contributed by atoms with Crippen molar-refractivity contribution in [2.75, 3.05) is 0 Å². The summed E-state index contributed by atoms with van der Waals surface area (Å²) in [4.78, 5) is 11.3. The highest BCUT2D eigenvalue weighted by atomic mass is 35.5. The Kier molecular flexibility index (Phi) is 2.79. The maximum atomic E-state index is 11.3. The van der Waals surface area contributed by atoms with E-state index in [9.17, 15) is 9.90 Å². The summed E-state index contributed by atoms with van der Waals surface area (Å²) in [7, 11) is 0. The monoisotopic (exact) mass is 240 g/mol. The molecule has 1 unspecified atom stereocenters. The second-order valence-electron chi connectivity index (χ2n) is 2.97. The second kappa shape index (κ2) is 3.28. The van der Waals surface area contributed by atoms with Gasteiger partial charge < -0.3 is 5.11 Å². The van der Waals surface area contributed by atoms with Crippen molar-refractivity contribution in [1.29, 1.82) is 0 Å². The minimum atomic E-state index is -1.54. The molecule has 72 valence electrons. The molecule has 1 atom stereocenters. The smallest absolute Gasteiger partial charge is 0.202 e. The van der Waals surface area contributed by atoms with E-state index in [0.717, 1.165) is 0 Å². The molecule has 5 heteroatoms. The van der Waals surface area contributed by atoms with Crippen LogP contribution in [0.5, 0.6) is 0 Å². The van der Waals surface area contributed by atoms with Gasteiger partial charge in [-0.05, 0) is 13.8 Å². The number of allylic oxidation sites excluding steroid dienone is 2. The SMILES string of the molecule is CC1=C(Cl)C(C)(O)C(Cl)=C(Cl)C1=O. The molecular formula is C8H7Cl3O2. The molecule has 1 N–H and O–H groups in total. The summed E-state index contributed by atoms with van der Waals surface area (Å²) >= 11 is 17.0. The molecule has 1 aliphatic rings. The number of hydrogen-bond acceptors (Lipinski definition) is 2. The topological polar surface area (TPSA) is 37.3 Å². The van der Waals surface area contributed by atoms with E-state index in [4.69, 9.17) is 34.8 Å². The van der Waals surface area contributed by atoms with E-state index in [0.29, 0.717) is 0 Å². The van der Waals surface area contributed by atoms with Gasteiger partial charge in [-0.1, -0.05) is 34.8 Å². The van der Waals surface area contributed by atoms with Crippen LogP contribution in [0.15, 0.2) is 20.7 Å². The standard InChI is InChI=1S/C8H7Cl3O2/c1-3-5(12)4(9)7(11)8(2,13)6(3)10/h13H,1-2H3. The van der Waals surface area contributed by atoms with Gasteiger partial charge in [-0.15, -0.1) is 0 Å². The molecular weight excluding hydrogens is 234 g/mol. The molecule has 13 heavy (non-hydrogen) atoms. The van der Waals surface area contributed by atoms with Gasteiger partial charge in [-0.2, -0.15) is 0 Å². The first-order chi connectivity index (χ1) is 5.80. The van der Waals surface area contributed by atoms with Gasteiger partial charge in [-0.3, -0.25) is 4.79 Å². The van der Waals surface area contributed by atoms with Crippen LogP contribution in [0.1, 0.15) is 13.8 Å². The van der Waals surface area contributed by atoms with Crippen LogP contribution in [0.25, 0.3) is 0 Å². The largest absolute Gasteiger partial charge is 0.379 e. The highest BCUT2D eigenvalue weighted by molar-refractivity contribution is 6.53. The fourth-order valence-electron chi connectivity index (χ4n) is 1.04. The molecule has 0 aromatic rings. The first-order valence-corrected chi connectivity index (χ1v) is 4.63. The lowest BCUT2D eigenvalue weighted by Crippen LogP contribution is -2.32. The van der Waals surface area contributed by atoms with Crippen molar-refractivity contribution < 1.29 is 9.90 Å². The molecule has 0 heterocycles. The number of Topliss-reactive ketones (excluding diaryl/α,β-unsaturated/α-hetero) is 1. The number of carbonyl (C=O) groups excluding carboxylic acids is 1. The third-order valence-electron chi connectivity index (χ3n) is 1.92. The van der Waals surface area contributed by atoms with E-state index in [1.54, 1.807) is 0 Å². The van der Waals surface area contributed by atoms with Crippen LogP contribution in [0.4, 0.5) is 0 Å². The zero-order valence-electron chi connectivity index (χ0n) is 6.99. The lowest BCUT2D eigenvalue weighted by atomic mass is 9.94. The fourth-order valence-corrected chi connectivity index (χ4v) is 1.77. The maximum Gasteiger partial charge on any atom is 0.202 e. The molecule has 1 rings (SSSR count). The molecule has 0 aliphatic heterocycles. The van der Waals surface area contributed by atoms with Gasteiger partial charge in [0, 0.05) is 5.57 Å². The van der Waals surface area contributed by atoms with Gasteiger partial charge in [0.25, 0.3) is 0 Å². The summed E-state index contributed by atoms with van der Waals surface area (Å²) in [6.45, 7) is 2.88. The third-order valence-corrected chi connectivity index (χ3v) is 3.58. The Morgan fingerprint density at radius 1 is 1.23 bits per heavy atom. The molecule has 0 radical (unpaired) electrons. The highest BCUT2D eigenvalue weighted by Gasteiger charge is 2.39. The maximum absolute atomic E-state index is 11.3. The minimum absolute atomic E-state index is 0.0203. The molecule has 0 fully saturated rings. The van der Waals surface area contributed by atoms with Gasteiger partial charge in [0.15, 0.2) is 0 Å². The van der Waals surface area contributed by atoms with Gasteiger partial charge in [-0.25, -0.2) is 0 Å². The predicted octanol–water partition coefficient (Wildman–Crippen LogP) is 2.52. The predicted molar refractivity (Wildman–Crippen MR) is 52.9 cm³/mol. The summed E-state index contributed by atoms with van der Waals surface area (Å²) in [5.41, 5.74) is -1.32. The summed E-state index contributed by atoms with van der Waals surface area (Å²) in [5.74, 6) is -0.441. The van der Waals surface area contributed by atoms with Gasteiger partial charge in [0.05, 0.1) is 10.1 Å². The molecule has 0 amide bonds. The van der Waals surface area contributed by atoms with Crippen molar-refractivity contribution in [2.45, 2.75) is 19.4 Å². The summed E-state index contributed by atoms with van der Waals surface area (Å²) in [5, 5.41) is 9.47. The van der Waals surface area contributed by atoms with Crippen LogP contribution < -0.4 is 0 Å². The molecule has 1 aliphatic carbocycles. The van der Waals surface area contributed by atoms with E-state index in [-0.39, 0.29) is 20.7 Å². The number of ketones is 1. The first kappa shape index (κ1) is 11.1. The Hall–Kier alpha value is -0.0200. The minimum Gasteiger partial charge on any atom is -0.379 e. The lowest BCUT2D eigenvalue weighted by Gasteiger charge is -2.28. The molecule has 0 aromatic heterocycles. The zero-order valence-corrected chi connectivity index (χ0v) is 9.26. The quantitative estimate of drug-likeness (QED) is 0.707. The third kappa shape index (κ3) is 1.52. The number of aliphatic hydroxyl groups is 1. The fraction of sp³-hybridized carbons (Fsp3) is 0.375. The van der Waals surface area contributed by atoms with Crippen LogP contribution in [-0.2, 0) is 4.79 Å². The van der Waals surface area contributed by atoms with Crippen molar-refractivity contribution in [3.8, 4) is 0 Å². The number of rotatable bonds is 0. The molecule has 0 spiro atoms. The Bertz CT molecular complexity index is 309. The molecule has 2 nitrogen and oxygen atoms in total. The van der Waals surface area contributed by atoms with E-state index in [2.05, 4.69) is 0 Å². The average molecular weight is 242 g/mol. The van der Waals surface area contributed by atoms with E-state index in [1.807, 2.05) is 0 Å². The van der Waals surface area contributed by atoms with E-state index >= 15 is 0 Å². The van der Waals surface area contributed by atoms with Crippen molar-refractivity contribution >= 4 is 40.6 Å². The van der Waals surface area contributed by atoms with Crippen molar-refractivity contribution in [3.05, 3.63) is 20.7 Å². The highest BCUT2D eigenvalue weighted by Crippen LogP contribution is 2.41.